The van der Waals surface area contributed by atoms with Crippen molar-refractivity contribution in [2.45, 2.75) is 85.4 Å². The minimum Gasteiger partial charge on any atom is -0.481 e. The minimum absolute atomic E-state index is 0.103. The van der Waals surface area contributed by atoms with Gasteiger partial charge in [-0.05, 0) is 40.5 Å². The van der Waals surface area contributed by atoms with E-state index in [0.29, 0.717) is 36.8 Å². The number of unbranched alkanes of at least 4 members (excludes halogenated alkanes) is 2. The summed E-state index contributed by atoms with van der Waals surface area (Å²) in [6.07, 6.45) is -0.916. The molecule has 0 aromatic heterocycles. The zero-order chi connectivity index (χ0) is 25.5. The highest BCUT2D eigenvalue weighted by molar-refractivity contribution is 6.25. The van der Waals surface area contributed by atoms with Gasteiger partial charge in [0.15, 0.2) is 11.6 Å². The van der Waals surface area contributed by atoms with Crippen LogP contribution in [0.15, 0.2) is 22.3 Å². The summed E-state index contributed by atoms with van der Waals surface area (Å²) in [4.78, 5) is 67.1. The van der Waals surface area contributed by atoms with Crippen LogP contribution in [0.25, 0.3) is 0 Å². The molecular weight excluding hydrogens is 440 g/mol. The summed E-state index contributed by atoms with van der Waals surface area (Å²) in [5.74, 6) is -1.72. The predicted molar refractivity (Wildman–Crippen MR) is 114 cm³/mol. The second kappa shape index (κ2) is 11.5. The van der Waals surface area contributed by atoms with Crippen molar-refractivity contribution in [1.29, 1.82) is 0 Å². The number of carboxylic acids is 1. The molecule has 1 rings (SSSR count). The lowest BCUT2D eigenvalue weighted by Gasteiger charge is -2.34. The molecule has 184 valence electrons. The number of ketones is 2. The Labute approximate surface area is 190 Å². The summed E-state index contributed by atoms with van der Waals surface area (Å²) in [5, 5.41) is 28.5. The zero-order valence-electron chi connectivity index (χ0n) is 19.4. The second-order valence-corrected chi connectivity index (χ2v) is 8.54. The summed E-state index contributed by atoms with van der Waals surface area (Å²) in [6.45, 7) is 7.58. The number of hydrogen-bond donors (Lipinski definition) is 1. The molecule has 1 aliphatic rings. The molecule has 0 aromatic carbocycles. The molecule has 1 unspecified atom stereocenters. The van der Waals surface area contributed by atoms with Crippen molar-refractivity contribution in [2.24, 2.45) is 5.41 Å². The molecule has 0 fully saturated rings. The maximum atomic E-state index is 13.0. The van der Waals surface area contributed by atoms with Crippen LogP contribution in [0.3, 0.4) is 0 Å². The fourth-order valence-electron chi connectivity index (χ4n) is 4.18. The predicted octanol–water partition coefficient (Wildman–Crippen LogP) is 3.40. The Hall–Kier alpha value is -3.31. The number of Topliss-reactive ketones (excluding diaryl/α,β-unsaturated/α-hetero) is 2. The van der Waals surface area contributed by atoms with Crippen LogP contribution in [0.5, 0.6) is 0 Å². The maximum absolute atomic E-state index is 13.0. The second-order valence-electron chi connectivity index (χ2n) is 8.54. The van der Waals surface area contributed by atoms with Gasteiger partial charge in [-0.15, -0.1) is 20.2 Å². The van der Waals surface area contributed by atoms with Crippen molar-refractivity contribution >= 4 is 17.5 Å². The van der Waals surface area contributed by atoms with E-state index in [-0.39, 0.29) is 35.6 Å². The van der Waals surface area contributed by atoms with Crippen LogP contribution in [0.4, 0.5) is 0 Å². The van der Waals surface area contributed by atoms with Gasteiger partial charge in [0, 0.05) is 27.7 Å². The quantitative estimate of drug-likeness (QED) is 0.171. The Balaban J connectivity index is 2.90. The molecule has 0 bridgehead atoms. The van der Waals surface area contributed by atoms with Crippen molar-refractivity contribution in [1.82, 2.24) is 0 Å². The first-order chi connectivity index (χ1) is 15.2. The molecule has 3 atom stereocenters. The van der Waals surface area contributed by atoms with Gasteiger partial charge in [0.25, 0.3) is 10.2 Å². The minimum atomic E-state index is -1.15. The highest BCUT2D eigenvalue weighted by atomic mass is 17.0. The van der Waals surface area contributed by atoms with Gasteiger partial charge in [-0.2, -0.15) is 0 Å². The Morgan fingerprint density at radius 1 is 0.970 bits per heavy atom. The molecular formula is C21H30N2O10. The van der Waals surface area contributed by atoms with Gasteiger partial charge in [-0.25, -0.2) is 0 Å². The first-order valence-corrected chi connectivity index (χ1v) is 10.5. The molecule has 0 saturated carbocycles. The maximum Gasteiger partial charge on any atom is 0.304 e. The van der Waals surface area contributed by atoms with Gasteiger partial charge in [0.1, 0.15) is 12.2 Å². The molecule has 12 heteroatoms. The molecule has 0 amide bonds. The molecule has 0 aromatic rings. The molecule has 0 spiro atoms. The number of carbonyl (C=O) groups excluding carboxylic acids is 2. The summed E-state index contributed by atoms with van der Waals surface area (Å²) < 4.78 is 0. The third kappa shape index (κ3) is 7.36. The SMILES string of the molecule is CC1=C(C)C(=O)C(C(C)(CCCCC[C@H](O[N+](=O)[O-])[C@@H](C)O[N+](=O)[O-])CC(=O)O)=C(C)C1=O. The number of aliphatic carboxylic acids is 1. The van der Waals surface area contributed by atoms with Crippen LogP contribution in [0.2, 0.25) is 0 Å². The molecule has 0 saturated heterocycles. The first kappa shape index (κ1) is 27.7. The van der Waals surface area contributed by atoms with Crippen LogP contribution in [0.1, 0.15) is 73.1 Å². The van der Waals surface area contributed by atoms with Crippen LogP contribution < -0.4 is 0 Å². The topological polar surface area (TPSA) is 176 Å². The Morgan fingerprint density at radius 3 is 2.03 bits per heavy atom. The highest BCUT2D eigenvalue weighted by Gasteiger charge is 2.41. The number of hydrogen-bond acceptors (Lipinski definition) is 9. The Morgan fingerprint density at radius 2 is 1.52 bits per heavy atom. The van der Waals surface area contributed by atoms with Gasteiger partial charge in [-0.3, -0.25) is 14.4 Å². The number of carboxylic acid groups (broad SMARTS) is 1. The van der Waals surface area contributed by atoms with Gasteiger partial charge in [0.2, 0.25) is 0 Å². The summed E-state index contributed by atoms with van der Waals surface area (Å²) in [5.41, 5.74) is 0.0276. The monoisotopic (exact) mass is 470 g/mol. The zero-order valence-corrected chi connectivity index (χ0v) is 19.4. The van der Waals surface area contributed by atoms with Crippen molar-refractivity contribution in [3.05, 3.63) is 42.5 Å². The van der Waals surface area contributed by atoms with E-state index >= 15 is 0 Å². The molecule has 1 N–H and O–H groups in total. The average Bonchev–Trinajstić information content (AvgIpc) is 2.68. The third-order valence-electron chi connectivity index (χ3n) is 6.05. The van der Waals surface area contributed by atoms with E-state index in [0.717, 1.165) is 0 Å². The molecule has 1 aliphatic carbocycles. The Bertz CT molecular complexity index is 891. The number of nitrogens with zero attached hydrogens (tertiary/aromatic N) is 2. The van der Waals surface area contributed by atoms with E-state index < -0.39 is 33.8 Å². The fourth-order valence-corrected chi connectivity index (χ4v) is 4.18. The van der Waals surface area contributed by atoms with Gasteiger partial charge < -0.3 is 14.8 Å². The first-order valence-electron chi connectivity index (χ1n) is 10.5. The van der Waals surface area contributed by atoms with E-state index in [4.69, 9.17) is 0 Å². The van der Waals surface area contributed by atoms with Gasteiger partial charge in [0.05, 0.1) is 6.42 Å². The van der Waals surface area contributed by atoms with Gasteiger partial charge in [-0.1, -0.05) is 26.2 Å². The van der Waals surface area contributed by atoms with Crippen LogP contribution in [-0.2, 0) is 24.1 Å². The fraction of sp³-hybridized carbons (Fsp3) is 0.667. The van der Waals surface area contributed by atoms with Crippen LogP contribution >= 0.6 is 0 Å². The summed E-state index contributed by atoms with van der Waals surface area (Å²) >= 11 is 0. The van der Waals surface area contributed by atoms with Crippen molar-refractivity contribution in [2.75, 3.05) is 0 Å². The van der Waals surface area contributed by atoms with Crippen molar-refractivity contribution in [3.8, 4) is 0 Å². The highest BCUT2D eigenvalue weighted by Crippen LogP contribution is 2.43. The molecule has 0 aliphatic heterocycles. The Kier molecular flexibility index (Phi) is 9.68. The average molecular weight is 470 g/mol. The van der Waals surface area contributed by atoms with E-state index in [1.807, 2.05) is 0 Å². The lowest BCUT2D eigenvalue weighted by molar-refractivity contribution is -0.798. The van der Waals surface area contributed by atoms with E-state index in [1.54, 1.807) is 20.8 Å². The molecule has 0 radical (unpaired) electrons. The third-order valence-corrected chi connectivity index (χ3v) is 6.05. The molecule has 12 nitrogen and oxygen atoms in total. The lowest BCUT2D eigenvalue weighted by atomic mass is 9.67. The largest absolute Gasteiger partial charge is 0.481 e. The lowest BCUT2D eigenvalue weighted by Crippen LogP contribution is -2.34. The normalized spacial score (nSPS) is 18.0. The summed E-state index contributed by atoms with van der Waals surface area (Å²) in [6, 6.07) is 0. The van der Waals surface area contributed by atoms with E-state index in [1.165, 1.54) is 13.8 Å². The number of carbonyl (C=O) groups is 3. The van der Waals surface area contributed by atoms with E-state index in [9.17, 15) is 39.7 Å². The standard InChI is InChI=1S/C21H30N2O10/c1-12-13(2)20(27)18(14(3)19(12)26)21(5,11-17(24)25)10-8-6-7-9-16(33-23(30)31)15(4)32-22(28)29/h15-16H,6-11H2,1-5H3,(H,24,25)/t15-,16+,21?/m1/s1. The molecule has 0 heterocycles. The summed E-state index contributed by atoms with van der Waals surface area (Å²) in [7, 11) is 0. The molecule has 33 heavy (non-hydrogen) atoms. The number of rotatable bonds is 14. The van der Waals surface area contributed by atoms with Crippen molar-refractivity contribution in [3.63, 3.8) is 0 Å². The number of allylic oxidation sites excluding steroid dienone is 4. The van der Waals surface area contributed by atoms with Crippen LogP contribution in [-0.4, -0.2) is 45.0 Å². The van der Waals surface area contributed by atoms with Crippen molar-refractivity contribution < 1.29 is 39.3 Å². The van der Waals surface area contributed by atoms with E-state index in [2.05, 4.69) is 9.68 Å². The smallest absolute Gasteiger partial charge is 0.304 e. The van der Waals surface area contributed by atoms with Crippen LogP contribution in [0, 0.1) is 25.6 Å². The van der Waals surface area contributed by atoms with Gasteiger partial charge >= 0.3 is 5.97 Å².